The second-order valence-corrected chi connectivity index (χ2v) is 2.86. The molecule has 0 aliphatic heterocycles. The largest absolute Gasteiger partial charge is 0.487 e. The zero-order valence-electron chi connectivity index (χ0n) is 7.01. The van der Waals surface area contributed by atoms with Crippen LogP contribution in [0, 0.1) is 0 Å². The van der Waals surface area contributed by atoms with Crippen LogP contribution in [0.2, 0.25) is 0 Å². The highest BCUT2D eigenvalue weighted by Crippen LogP contribution is 1.96. The van der Waals surface area contributed by atoms with Gasteiger partial charge in [-0.2, -0.15) is 0 Å². The lowest BCUT2D eigenvalue weighted by Crippen LogP contribution is -2.03. The van der Waals surface area contributed by atoms with Crippen LogP contribution < -0.4 is 0 Å². The smallest absolute Gasteiger partial charge is 0.159 e. The predicted molar refractivity (Wildman–Crippen MR) is 49.8 cm³/mol. The number of aliphatic hydroxyl groups is 1. The maximum Gasteiger partial charge on any atom is 0.159 e. The second-order valence-electron chi connectivity index (χ2n) is 2.40. The monoisotopic (exact) mass is 176 g/mol. The number of hydrogen-bond acceptors (Lipinski definition) is 3. The van der Waals surface area contributed by atoms with E-state index in [1.165, 1.54) is 0 Å². The summed E-state index contributed by atoms with van der Waals surface area (Å²) in [7, 11) is 0. The van der Waals surface area contributed by atoms with Crippen LogP contribution >= 0.6 is 12.2 Å². The van der Waals surface area contributed by atoms with Crippen LogP contribution in [0.3, 0.4) is 0 Å². The molecule has 0 aromatic heterocycles. The lowest BCUT2D eigenvalue weighted by molar-refractivity contribution is 0.272. The van der Waals surface area contributed by atoms with E-state index in [1.54, 1.807) is 0 Å². The van der Waals surface area contributed by atoms with Gasteiger partial charge in [-0.15, -0.1) is 0 Å². The lowest BCUT2D eigenvalue weighted by Gasteiger charge is -2.04. The van der Waals surface area contributed by atoms with Crippen LogP contribution in [0.5, 0.6) is 0 Å². The van der Waals surface area contributed by atoms with Crippen molar-refractivity contribution in [2.45, 2.75) is 32.6 Å². The molecule has 2 nitrogen and oxygen atoms in total. The maximum atomic E-state index is 8.47. The Morgan fingerprint density at radius 3 is 2.73 bits per heavy atom. The molecule has 0 aromatic rings. The Morgan fingerprint density at radius 2 is 2.18 bits per heavy atom. The number of hydrogen-bond donors (Lipinski definition) is 1. The minimum Gasteiger partial charge on any atom is -0.487 e. The van der Waals surface area contributed by atoms with Crippen LogP contribution in [-0.4, -0.2) is 23.4 Å². The van der Waals surface area contributed by atoms with Crippen molar-refractivity contribution < 1.29 is 9.84 Å². The summed E-state index contributed by atoms with van der Waals surface area (Å²) in [6.45, 7) is 3.03. The summed E-state index contributed by atoms with van der Waals surface area (Å²) >= 11 is 4.90. The first-order valence-corrected chi connectivity index (χ1v) is 4.48. The molecule has 66 valence electrons. The van der Waals surface area contributed by atoms with E-state index in [-0.39, 0.29) is 6.61 Å². The molecule has 0 aromatic carbocycles. The van der Waals surface area contributed by atoms with E-state index in [1.807, 2.05) is 0 Å². The maximum absolute atomic E-state index is 8.47. The Hall–Kier alpha value is -0.150. The normalized spacial score (nSPS) is 9.64. The standard InChI is InChI=1S/C8H16O2S/c1-2-3-7-10-8(11)5-4-6-9/h9H,2-7H2,1H3. The molecular weight excluding hydrogens is 160 g/mol. The van der Waals surface area contributed by atoms with Crippen molar-refractivity contribution in [1.82, 2.24) is 0 Å². The van der Waals surface area contributed by atoms with Gasteiger partial charge in [0.25, 0.3) is 0 Å². The fraction of sp³-hybridized carbons (Fsp3) is 0.875. The van der Waals surface area contributed by atoms with Crippen molar-refractivity contribution in [2.24, 2.45) is 0 Å². The summed E-state index contributed by atoms with van der Waals surface area (Å²) in [4.78, 5) is 0. The molecule has 0 bridgehead atoms. The minimum atomic E-state index is 0.192. The third kappa shape index (κ3) is 7.75. The SMILES string of the molecule is CCCCOC(=S)CCCO. The molecule has 0 fully saturated rings. The first-order valence-electron chi connectivity index (χ1n) is 4.07. The highest BCUT2D eigenvalue weighted by Gasteiger charge is 1.95. The quantitative estimate of drug-likeness (QED) is 0.495. The number of aliphatic hydroxyl groups excluding tert-OH is 1. The molecule has 0 aliphatic carbocycles. The van der Waals surface area contributed by atoms with Crippen molar-refractivity contribution in [3.8, 4) is 0 Å². The molecule has 11 heavy (non-hydrogen) atoms. The lowest BCUT2D eigenvalue weighted by atomic mass is 10.3. The molecule has 0 saturated heterocycles. The third-order valence-electron chi connectivity index (χ3n) is 1.30. The highest BCUT2D eigenvalue weighted by molar-refractivity contribution is 7.80. The molecule has 0 amide bonds. The van der Waals surface area contributed by atoms with Crippen molar-refractivity contribution in [3.05, 3.63) is 0 Å². The Kier molecular flexibility index (Phi) is 7.84. The number of unbranched alkanes of at least 4 members (excludes halogenated alkanes) is 1. The molecule has 0 radical (unpaired) electrons. The van der Waals surface area contributed by atoms with Gasteiger partial charge < -0.3 is 9.84 Å². The molecule has 0 spiro atoms. The Labute approximate surface area is 73.6 Å². The number of thiocarbonyl (C=S) groups is 1. The predicted octanol–water partition coefficient (Wildman–Crippen LogP) is 1.90. The van der Waals surface area contributed by atoms with Gasteiger partial charge in [0.1, 0.15) is 0 Å². The summed E-state index contributed by atoms with van der Waals surface area (Å²) in [6, 6.07) is 0. The van der Waals surface area contributed by atoms with Gasteiger partial charge in [-0.1, -0.05) is 13.3 Å². The van der Waals surface area contributed by atoms with E-state index < -0.39 is 0 Å². The van der Waals surface area contributed by atoms with Gasteiger partial charge in [-0.25, -0.2) is 0 Å². The van der Waals surface area contributed by atoms with Crippen molar-refractivity contribution >= 4 is 17.3 Å². The fourth-order valence-electron chi connectivity index (χ4n) is 0.626. The molecule has 3 heteroatoms. The Balaban J connectivity index is 3.09. The van der Waals surface area contributed by atoms with E-state index >= 15 is 0 Å². The van der Waals surface area contributed by atoms with Crippen LogP contribution in [0.1, 0.15) is 32.6 Å². The first-order chi connectivity index (χ1) is 5.31. The van der Waals surface area contributed by atoms with Crippen molar-refractivity contribution in [2.75, 3.05) is 13.2 Å². The molecule has 1 N–H and O–H groups in total. The van der Waals surface area contributed by atoms with Gasteiger partial charge >= 0.3 is 0 Å². The third-order valence-corrected chi connectivity index (χ3v) is 1.62. The van der Waals surface area contributed by atoms with Gasteiger partial charge in [0.05, 0.1) is 6.61 Å². The molecule has 0 rings (SSSR count). The average molecular weight is 176 g/mol. The molecule has 0 aliphatic rings. The van der Waals surface area contributed by atoms with Gasteiger partial charge in [0.15, 0.2) is 5.05 Å². The molecule has 0 saturated carbocycles. The molecular formula is C8H16O2S. The molecule has 0 atom stereocenters. The average Bonchev–Trinajstić information content (AvgIpc) is 2.01. The number of ether oxygens (including phenoxy) is 1. The van der Waals surface area contributed by atoms with Crippen LogP contribution in [0.15, 0.2) is 0 Å². The Morgan fingerprint density at radius 1 is 1.45 bits per heavy atom. The topological polar surface area (TPSA) is 29.5 Å². The van der Waals surface area contributed by atoms with E-state index in [0.29, 0.717) is 17.9 Å². The van der Waals surface area contributed by atoms with Gasteiger partial charge in [-0.05, 0) is 25.1 Å². The first kappa shape index (κ1) is 10.8. The molecule has 0 unspecified atom stereocenters. The zero-order chi connectivity index (χ0) is 8.53. The molecule has 0 heterocycles. The fourth-order valence-corrected chi connectivity index (χ4v) is 0.854. The summed E-state index contributed by atoms with van der Waals surface area (Å²) in [5.41, 5.74) is 0. The zero-order valence-corrected chi connectivity index (χ0v) is 7.82. The summed E-state index contributed by atoms with van der Waals surface area (Å²) in [5, 5.41) is 9.10. The van der Waals surface area contributed by atoms with E-state index in [0.717, 1.165) is 19.4 Å². The van der Waals surface area contributed by atoms with Crippen LogP contribution in [0.4, 0.5) is 0 Å². The van der Waals surface area contributed by atoms with Gasteiger partial charge in [0, 0.05) is 13.0 Å². The van der Waals surface area contributed by atoms with E-state index in [4.69, 9.17) is 22.1 Å². The van der Waals surface area contributed by atoms with Crippen molar-refractivity contribution in [1.29, 1.82) is 0 Å². The van der Waals surface area contributed by atoms with Gasteiger partial charge in [-0.3, -0.25) is 0 Å². The second kappa shape index (κ2) is 7.95. The van der Waals surface area contributed by atoms with Crippen molar-refractivity contribution in [3.63, 3.8) is 0 Å². The number of rotatable bonds is 6. The van der Waals surface area contributed by atoms with E-state index in [2.05, 4.69) is 6.92 Å². The summed E-state index contributed by atoms with van der Waals surface area (Å²) in [6.07, 6.45) is 3.60. The summed E-state index contributed by atoms with van der Waals surface area (Å²) in [5.74, 6) is 0. The minimum absolute atomic E-state index is 0.192. The summed E-state index contributed by atoms with van der Waals surface area (Å²) < 4.78 is 5.20. The van der Waals surface area contributed by atoms with E-state index in [9.17, 15) is 0 Å². The van der Waals surface area contributed by atoms with Crippen LogP contribution in [-0.2, 0) is 4.74 Å². The Bertz CT molecular complexity index is 104. The van der Waals surface area contributed by atoms with Crippen LogP contribution in [0.25, 0.3) is 0 Å². The highest BCUT2D eigenvalue weighted by atomic mass is 32.1. The van der Waals surface area contributed by atoms with Gasteiger partial charge in [0.2, 0.25) is 0 Å².